The van der Waals surface area contributed by atoms with Gasteiger partial charge in [0.15, 0.2) is 0 Å². The third-order valence-corrected chi connectivity index (χ3v) is 3.32. The lowest BCUT2D eigenvalue weighted by Gasteiger charge is -1.98. The fourth-order valence-electron chi connectivity index (χ4n) is 2.53. The minimum absolute atomic E-state index is 0.973. The lowest BCUT2D eigenvalue weighted by atomic mass is 10.1. The molecule has 0 amide bonds. The van der Waals surface area contributed by atoms with Crippen molar-refractivity contribution in [3.63, 3.8) is 0 Å². The predicted octanol–water partition coefficient (Wildman–Crippen LogP) is 4.74. The molecular weight excluding hydrogens is 208 g/mol. The lowest BCUT2D eigenvalue weighted by molar-refractivity contribution is 0.607. The lowest BCUT2D eigenvalue weighted by Crippen LogP contribution is -1.72. The molecule has 0 saturated heterocycles. The predicted molar refractivity (Wildman–Crippen MR) is 71.2 cm³/mol. The van der Waals surface area contributed by atoms with E-state index in [1.807, 2.05) is 6.07 Å². The molecule has 0 N–H and O–H groups in total. The van der Waals surface area contributed by atoms with Gasteiger partial charge in [-0.15, -0.1) is 0 Å². The Morgan fingerprint density at radius 2 is 1.53 bits per heavy atom. The summed E-state index contributed by atoms with van der Waals surface area (Å²) in [5.41, 5.74) is 0.973. The molecule has 0 aliphatic carbocycles. The molecular formula is C16H10O. The summed E-state index contributed by atoms with van der Waals surface area (Å²) in [5, 5.41) is 6.18. The first-order chi connectivity index (χ1) is 8.43. The number of benzene rings is 2. The summed E-state index contributed by atoms with van der Waals surface area (Å²) in [6.45, 7) is 0. The molecule has 0 unspecified atom stereocenters. The van der Waals surface area contributed by atoms with Gasteiger partial charge in [-0.1, -0.05) is 36.4 Å². The highest BCUT2D eigenvalue weighted by Crippen LogP contribution is 2.33. The quantitative estimate of drug-likeness (QED) is 0.415. The monoisotopic (exact) mass is 218 g/mol. The molecule has 0 saturated carbocycles. The zero-order valence-corrected chi connectivity index (χ0v) is 9.18. The van der Waals surface area contributed by atoms with Crippen LogP contribution in [0.4, 0.5) is 0 Å². The van der Waals surface area contributed by atoms with Crippen molar-refractivity contribution in [3.8, 4) is 0 Å². The molecule has 1 heterocycles. The zero-order chi connectivity index (χ0) is 11.2. The van der Waals surface area contributed by atoms with Crippen LogP contribution in [-0.4, -0.2) is 0 Å². The van der Waals surface area contributed by atoms with E-state index >= 15 is 0 Å². The van der Waals surface area contributed by atoms with Crippen LogP contribution in [0.5, 0.6) is 0 Å². The van der Waals surface area contributed by atoms with Gasteiger partial charge in [0.2, 0.25) is 0 Å². The van der Waals surface area contributed by atoms with E-state index < -0.39 is 0 Å². The molecule has 0 spiro atoms. The average Bonchev–Trinajstić information content (AvgIpc) is 2.78. The van der Waals surface area contributed by atoms with E-state index in [9.17, 15) is 0 Å². The van der Waals surface area contributed by atoms with Gasteiger partial charge < -0.3 is 4.42 Å². The number of fused-ring (bicyclic) bond motifs is 5. The van der Waals surface area contributed by atoms with E-state index in [0.717, 1.165) is 11.0 Å². The van der Waals surface area contributed by atoms with E-state index in [1.165, 1.54) is 21.5 Å². The number of hydrogen-bond donors (Lipinski definition) is 0. The number of hydrogen-bond acceptors (Lipinski definition) is 1. The van der Waals surface area contributed by atoms with Crippen molar-refractivity contribution in [2.45, 2.75) is 0 Å². The molecule has 3 aromatic carbocycles. The minimum Gasteiger partial charge on any atom is -0.464 e. The molecule has 0 bridgehead atoms. The Morgan fingerprint density at radius 1 is 0.647 bits per heavy atom. The smallest absolute Gasteiger partial charge is 0.141 e. The van der Waals surface area contributed by atoms with Gasteiger partial charge in [-0.25, -0.2) is 0 Å². The van der Waals surface area contributed by atoms with Crippen LogP contribution < -0.4 is 0 Å². The standard InChI is InChI=1S/C16H10O/c1-2-6-13-12(4-1)10-15-14(13)8-7-11-5-3-9-17-16(11)15/h1-10H. The Bertz CT molecular complexity index is 840. The van der Waals surface area contributed by atoms with Gasteiger partial charge in [0.25, 0.3) is 0 Å². The molecule has 0 aliphatic rings. The van der Waals surface area contributed by atoms with Gasteiger partial charge in [-0.2, -0.15) is 0 Å². The maximum atomic E-state index is 5.65. The normalized spacial score (nSPS) is 11.5. The molecule has 0 aliphatic heterocycles. The fourth-order valence-corrected chi connectivity index (χ4v) is 2.53. The molecule has 1 nitrogen and oxygen atoms in total. The summed E-state index contributed by atoms with van der Waals surface area (Å²) in [7, 11) is 0. The first-order valence-electron chi connectivity index (χ1n) is 5.71. The van der Waals surface area contributed by atoms with E-state index in [4.69, 9.17) is 4.42 Å². The van der Waals surface area contributed by atoms with Gasteiger partial charge >= 0.3 is 0 Å². The zero-order valence-electron chi connectivity index (χ0n) is 9.18. The van der Waals surface area contributed by atoms with Gasteiger partial charge in [-0.3, -0.25) is 0 Å². The Balaban J connectivity index is 2.34. The van der Waals surface area contributed by atoms with E-state index in [0.29, 0.717) is 0 Å². The highest BCUT2D eigenvalue weighted by molar-refractivity contribution is 6.19. The second kappa shape index (κ2) is 3.11. The summed E-state index contributed by atoms with van der Waals surface area (Å²) >= 11 is 0. The highest BCUT2D eigenvalue weighted by atomic mass is 16.3. The Morgan fingerprint density at radius 3 is 2.53 bits per heavy atom. The van der Waals surface area contributed by atoms with E-state index in [2.05, 4.69) is 48.5 Å². The molecule has 0 radical (unpaired) electrons. The second-order valence-corrected chi connectivity index (χ2v) is 4.29. The first-order valence-corrected chi connectivity index (χ1v) is 5.71. The van der Waals surface area contributed by atoms with Gasteiger partial charge in [0, 0.05) is 10.8 Å². The maximum Gasteiger partial charge on any atom is 0.141 e. The van der Waals surface area contributed by atoms with Crippen LogP contribution in [-0.2, 0) is 0 Å². The molecule has 4 aromatic rings. The van der Waals surface area contributed by atoms with Crippen molar-refractivity contribution < 1.29 is 4.42 Å². The molecule has 1 heteroatoms. The van der Waals surface area contributed by atoms with E-state index in [1.54, 1.807) is 6.26 Å². The van der Waals surface area contributed by atoms with Gasteiger partial charge in [-0.05, 0) is 34.4 Å². The highest BCUT2D eigenvalue weighted by Gasteiger charge is 2.07. The first kappa shape index (κ1) is 8.82. The average molecular weight is 218 g/mol. The minimum atomic E-state index is 0.973. The summed E-state index contributed by atoms with van der Waals surface area (Å²) in [6.07, 6.45) is 1.74. The molecule has 17 heavy (non-hydrogen) atoms. The number of rotatable bonds is 0. The van der Waals surface area contributed by atoms with E-state index in [-0.39, 0.29) is 0 Å². The summed E-state index contributed by atoms with van der Waals surface area (Å²) < 4.78 is 5.65. The van der Waals surface area contributed by atoms with Crippen molar-refractivity contribution >= 4 is 32.5 Å². The fraction of sp³-hybridized carbons (Fsp3) is 0. The summed E-state index contributed by atoms with van der Waals surface area (Å²) in [4.78, 5) is 0. The Kier molecular flexibility index (Phi) is 1.61. The van der Waals surface area contributed by atoms with Crippen LogP contribution in [0, 0.1) is 0 Å². The SMILES string of the molecule is c1ccc2c(c1)cc1c2ccc2cccoc21. The van der Waals surface area contributed by atoms with Crippen molar-refractivity contribution in [2.75, 3.05) is 0 Å². The Hall–Kier alpha value is -2.28. The molecule has 80 valence electrons. The van der Waals surface area contributed by atoms with Gasteiger partial charge in [0.05, 0.1) is 6.26 Å². The van der Waals surface area contributed by atoms with Crippen LogP contribution in [0.15, 0.2) is 65.3 Å². The van der Waals surface area contributed by atoms with Crippen molar-refractivity contribution in [1.82, 2.24) is 0 Å². The summed E-state index contributed by atoms with van der Waals surface area (Å²) in [5.74, 6) is 0. The van der Waals surface area contributed by atoms with Crippen LogP contribution >= 0.6 is 0 Å². The third-order valence-electron chi connectivity index (χ3n) is 3.32. The van der Waals surface area contributed by atoms with Crippen molar-refractivity contribution in [3.05, 3.63) is 60.9 Å². The molecule has 0 fully saturated rings. The molecule has 1 aromatic heterocycles. The van der Waals surface area contributed by atoms with Crippen LogP contribution in [0.25, 0.3) is 32.5 Å². The topological polar surface area (TPSA) is 13.1 Å². The third kappa shape index (κ3) is 1.14. The molecule has 4 rings (SSSR count). The van der Waals surface area contributed by atoms with Crippen molar-refractivity contribution in [1.29, 1.82) is 0 Å². The maximum absolute atomic E-state index is 5.65. The molecule has 0 atom stereocenters. The van der Waals surface area contributed by atoms with Crippen LogP contribution in [0.1, 0.15) is 0 Å². The Labute approximate surface area is 98.3 Å². The largest absolute Gasteiger partial charge is 0.464 e. The van der Waals surface area contributed by atoms with Crippen LogP contribution in [0.3, 0.4) is 0 Å². The van der Waals surface area contributed by atoms with Gasteiger partial charge in [0.1, 0.15) is 5.58 Å². The summed E-state index contributed by atoms with van der Waals surface area (Å²) in [6, 6.07) is 19.0. The second-order valence-electron chi connectivity index (χ2n) is 4.29. The van der Waals surface area contributed by atoms with Crippen molar-refractivity contribution in [2.24, 2.45) is 0 Å². The van der Waals surface area contributed by atoms with Crippen LogP contribution in [0.2, 0.25) is 0 Å².